The summed E-state index contributed by atoms with van der Waals surface area (Å²) in [6, 6.07) is 16.1. The topological polar surface area (TPSA) is 66.5 Å². The lowest BCUT2D eigenvalue weighted by Gasteiger charge is -2.18. The van der Waals surface area contributed by atoms with Crippen molar-refractivity contribution < 1.29 is 13.2 Å². The number of rotatable bonds is 10. The highest BCUT2D eigenvalue weighted by Gasteiger charge is 2.16. The smallest absolute Gasteiger partial charge is 0.253 e. The van der Waals surface area contributed by atoms with Crippen molar-refractivity contribution in [2.24, 2.45) is 0 Å². The molecule has 0 aliphatic carbocycles. The molecule has 2 aromatic carbocycles. The molecule has 0 spiro atoms. The van der Waals surface area contributed by atoms with Crippen molar-refractivity contribution in [3.05, 3.63) is 60.2 Å². The second-order valence-corrected chi connectivity index (χ2v) is 8.85. The summed E-state index contributed by atoms with van der Waals surface area (Å²) in [6.07, 6.45) is 0.733. The summed E-state index contributed by atoms with van der Waals surface area (Å²) in [6.45, 7) is 5.46. The summed E-state index contributed by atoms with van der Waals surface area (Å²) in [5.41, 5.74) is 0.497. The number of carbonyl (C=O) groups excluding carboxylic acids is 1. The number of nitrogens with zero attached hydrogens (tertiary/aromatic N) is 1. The minimum absolute atomic E-state index is 0.0881. The van der Waals surface area contributed by atoms with Crippen molar-refractivity contribution in [1.29, 1.82) is 0 Å². The Kier molecular flexibility index (Phi) is 8.34. The van der Waals surface area contributed by atoms with Gasteiger partial charge in [0.15, 0.2) is 0 Å². The van der Waals surface area contributed by atoms with Crippen LogP contribution >= 0.6 is 11.8 Å². The molecule has 0 heterocycles. The average molecular weight is 407 g/mol. The third-order valence-electron chi connectivity index (χ3n) is 4.09. The van der Waals surface area contributed by atoms with Gasteiger partial charge in [-0.25, -0.2) is 13.1 Å². The molecule has 0 fully saturated rings. The molecular weight excluding hydrogens is 380 g/mol. The molecule has 0 bridgehead atoms. The van der Waals surface area contributed by atoms with Gasteiger partial charge in [0.2, 0.25) is 10.0 Å². The summed E-state index contributed by atoms with van der Waals surface area (Å²) in [5, 5.41) is 0. The Morgan fingerprint density at radius 3 is 2.22 bits per heavy atom. The van der Waals surface area contributed by atoms with E-state index in [0.717, 1.165) is 12.2 Å². The Morgan fingerprint density at radius 2 is 1.63 bits per heavy atom. The van der Waals surface area contributed by atoms with Crippen LogP contribution in [0.1, 0.15) is 30.6 Å². The molecule has 0 aromatic heterocycles. The second-order valence-electron chi connectivity index (χ2n) is 5.91. The first kappa shape index (κ1) is 21.5. The molecule has 0 saturated heterocycles. The Hall–Kier alpha value is -1.83. The number of benzene rings is 2. The van der Waals surface area contributed by atoms with Crippen LogP contribution in [-0.4, -0.2) is 44.6 Å². The maximum Gasteiger partial charge on any atom is 0.253 e. The largest absolute Gasteiger partial charge is 0.339 e. The van der Waals surface area contributed by atoms with E-state index in [1.807, 2.05) is 44.2 Å². The molecule has 27 heavy (non-hydrogen) atoms. The molecule has 1 amide bonds. The van der Waals surface area contributed by atoms with Gasteiger partial charge in [0.1, 0.15) is 0 Å². The quantitative estimate of drug-likeness (QED) is 0.483. The van der Waals surface area contributed by atoms with Crippen molar-refractivity contribution in [2.75, 3.05) is 25.4 Å². The Labute approximate surface area is 166 Å². The molecular formula is C20H26N2O3S2. The molecule has 0 saturated carbocycles. The van der Waals surface area contributed by atoms with Crippen LogP contribution in [0.2, 0.25) is 0 Å². The van der Waals surface area contributed by atoms with Crippen LogP contribution < -0.4 is 4.72 Å². The lowest BCUT2D eigenvalue weighted by Crippen LogP contribution is -2.30. The number of amides is 1. The Morgan fingerprint density at radius 1 is 1.00 bits per heavy atom. The Balaban J connectivity index is 1.86. The molecule has 0 radical (unpaired) electrons. The summed E-state index contributed by atoms with van der Waals surface area (Å²) in [5.74, 6) is 0.749. The number of hydrogen-bond donors (Lipinski definition) is 1. The van der Waals surface area contributed by atoms with E-state index in [9.17, 15) is 13.2 Å². The lowest BCUT2D eigenvalue weighted by atomic mass is 10.2. The van der Waals surface area contributed by atoms with Crippen molar-refractivity contribution in [2.45, 2.75) is 30.1 Å². The highest BCUT2D eigenvalue weighted by Crippen LogP contribution is 2.17. The van der Waals surface area contributed by atoms with Gasteiger partial charge in [-0.05, 0) is 62.4 Å². The van der Waals surface area contributed by atoms with E-state index in [1.54, 1.807) is 28.8 Å². The summed E-state index contributed by atoms with van der Waals surface area (Å²) < 4.78 is 27.4. The van der Waals surface area contributed by atoms with E-state index < -0.39 is 10.0 Å². The van der Waals surface area contributed by atoms with E-state index in [2.05, 4.69) is 4.72 Å². The number of hydrogen-bond acceptors (Lipinski definition) is 4. The van der Waals surface area contributed by atoms with Gasteiger partial charge in [-0.3, -0.25) is 4.79 Å². The molecule has 0 aliphatic rings. The van der Waals surface area contributed by atoms with Crippen LogP contribution in [0.4, 0.5) is 0 Å². The highest BCUT2D eigenvalue weighted by atomic mass is 32.2. The van der Waals surface area contributed by atoms with Gasteiger partial charge >= 0.3 is 0 Å². The Bertz CT molecular complexity index is 818. The lowest BCUT2D eigenvalue weighted by molar-refractivity contribution is 0.0773. The summed E-state index contributed by atoms with van der Waals surface area (Å²) in [4.78, 5) is 15.3. The second kappa shape index (κ2) is 10.5. The molecule has 0 unspecified atom stereocenters. The number of sulfonamides is 1. The van der Waals surface area contributed by atoms with Gasteiger partial charge in [0.25, 0.3) is 5.91 Å². The van der Waals surface area contributed by atoms with Crippen LogP contribution in [0.25, 0.3) is 0 Å². The first-order valence-corrected chi connectivity index (χ1v) is 11.5. The number of carbonyl (C=O) groups is 1. The van der Waals surface area contributed by atoms with Crippen molar-refractivity contribution in [3.8, 4) is 0 Å². The minimum atomic E-state index is -3.56. The first-order chi connectivity index (χ1) is 13.0. The maximum atomic E-state index is 12.4. The standard InChI is InChI=1S/C20H26N2O3S2/c1-3-22(4-2)20(23)17-11-13-19(14-12-17)27(24,25)21-15-8-16-26-18-9-6-5-7-10-18/h5-7,9-14,21H,3-4,8,15-16H2,1-2H3. The average Bonchev–Trinajstić information content (AvgIpc) is 2.69. The molecule has 5 nitrogen and oxygen atoms in total. The van der Waals surface area contributed by atoms with Gasteiger partial charge in [0.05, 0.1) is 4.90 Å². The zero-order valence-electron chi connectivity index (χ0n) is 15.7. The van der Waals surface area contributed by atoms with Crippen LogP contribution in [0.5, 0.6) is 0 Å². The minimum Gasteiger partial charge on any atom is -0.339 e. The highest BCUT2D eigenvalue weighted by molar-refractivity contribution is 7.99. The third-order valence-corrected chi connectivity index (χ3v) is 6.66. The fourth-order valence-electron chi connectivity index (χ4n) is 2.54. The number of nitrogens with one attached hydrogen (secondary N) is 1. The van der Waals surface area contributed by atoms with Crippen molar-refractivity contribution in [3.63, 3.8) is 0 Å². The van der Waals surface area contributed by atoms with Crippen LogP contribution in [0, 0.1) is 0 Å². The summed E-state index contributed by atoms with van der Waals surface area (Å²) in [7, 11) is -3.56. The third kappa shape index (κ3) is 6.37. The fraction of sp³-hybridized carbons (Fsp3) is 0.350. The van der Waals surface area contributed by atoms with Crippen molar-refractivity contribution in [1.82, 2.24) is 9.62 Å². The van der Waals surface area contributed by atoms with E-state index in [-0.39, 0.29) is 10.8 Å². The van der Waals surface area contributed by atoms with Gasteiger partial charge in [-0.1, -0.05) is 18.2 Å². The van der Waals surface area contributed by atoms with E-state index >= 15 is 0 Å². The molecule has 1 N–H and O–H groups in total. The molecule has 7 heteroatoms. The van der Waals surface area contributed by atoms with Crippen LogP contribution in [0.3, 0.4) is 0 Å². The first-order valence-electron chi connectivity index (χ1n) is 9.04. The monoisotopic (exact) mass is 406 g/mol. The normalized spacial score (nSPS) is 11.3. The van der Waals surface area contributed by atoms with E-state index in [0.29, 0.717) is 25.2 Å². The number of thioether (sulfide) groups is 1. The molecule has 146 valence electrons. The van der Waals surface area contributed by atoms with Gasteiger partial charge in [-0.2, -0.15) is 0 Å². The van der Waals surface area contributed by atoms with Crippen LogP contribution in [-0.2, 0) is 10.0 Å². The molecule has 0 aliphatic heterocycles. The SMILES string of the molecule is CCN(CC)C(=O)c1ccc(S(=O)(=O)NCCCSc2ccccc2)cc1. The predicted octanol–water partition coefficient (Wildman–Crippen LogP) is 3.63. The zero-order chi connectivity index (χ0) is 19.7. The van der Waals surface area contributed by atoms with E-state index in [4.69, 9.17) is 0 Å². The van der Waals surface area contributed by atoms with Gasteiger partial charge in [0, 0.05) is 30.1 Å². The zero-order valence-corrected chi connectivity index (χ0v) is 17.4. The van der Waals surface area contributed by atoms with Gasteiger partial charge < -0.3 is 4.90 Å². The molecule has 2 rings (SSSR count). The predicted molar refractivity (Wildman–Crippen MR) is 111 cm³/mol. The fourth-order valence-corrected chi connectivity index (χ4v) is 4.49. The molecule has 2 aromatic rings. The molecule has 0 atom stereocenters. The van der Waals surface area contributed by atoms with E-state index in [1.165, 1.54) is 17.0 Å². The van der Waals surface area contributed by atoms with Crippen molar-refractivity contribution >= 4 is 27.7 Å². The van der Waals surface area contributed by atoms with Gasteiger partial charge in [-0.15, -0.1) is 11.8 Å². The summed E-state index contributed by atoms with van der Waals surface area (Å²) >= 11 is 1.70. The van der Waals surface area contributed by atoms with Crippen LogP contribution in [0.15, 0.2) is 64.4 Å². The maximum absolute atomic E-state index is 12.4.